The number of aryl methyl sites for hydroxylation is 2. The summed E-state index contributed by atoms with van der Waals surface area (Å²) in [6.07, 6.45) is 0.952. The van der Waals surface area contributed by atoms with Crippen LogP contribution in [-0.4, -0.2) is 38.2 Å². The third-order valence-electron chi connectivity index (χ3n) is 3.80. The van der Waals surface area contributed by atoms with Gasteiger partial charge in [0.05, 0.1) is 11.0 Å². The van der Waals surface area contributed by atoms with Crippen molar-refractivity contribution in [2.45, 2.75) is 46.7 Å². The molecule has 2 aromatic rings. The molecule has 0 saturated carbocycles. The molecule has 1 aromatic heterocycles. The lowest BCUT2D eigenvalue weighted by Gasteiger charge is -2.28. The van der Waals surface area contributed by atoms with E-state index in [2.05, 4.69) is 34.7 Å². The first kappa shape index (κ1) is 18.1. The van der Waals surface area contributed by atoms with E-state index in [4.69, 9.17) is 13.3 Å². The summed E-state index contributed by atoms with van der Waals surface area (Å²) in [4.78, 5) is 4.62. The second-order valence-electron chi connectivity index (χ2n) is 5.38. The molecule has 23 heavy (non-hydrogen) atoms. The van der Waals surface area contributed by atoms with Crippen LogP contribution in [0.2, 0.25) is 6.04 Å². The van der Waals surface area contributed by atoms with Gasteiger partial charge in [-0.3, -0.25) is 0 Å². The monoisotopic (exact) mass is 336 g/mol. The highest BCUT2D eigenvalue weighted by Gasteiger charge is 2.39. The van der Waals surface area contributed by atoms with E-state index in [9.17, 15) is 0 Å². The normalized spacial score (nSPS) is 12.2. The molecule has 0 N–H and O–H groups in total. The minimum absolute atomic E-state index is 0.624. The minimum atomic E-state index is -2.55. The molecule has 0 bridgehead atoms. The second-order valence-corrected chi connectivity index (χ2v) is 8.12. The van der Waals surface area contributed by atoms with Gasteiger partial charge in [-0.25, -0.2) is 4.98 Å². The van der Waals surface area contributed by atoms with Gasteiger partial charge in [0.25, 0.3) is 0 Å². The Balaban J connectivity index is 2.07. The molecule has 0 saturated heterocycles. The molecular weight excluding hydrogens is 308 g/mol. The first-order chi connectivity index (χ1) is 11.2. The van der Waals surface area contributed by atoms with Crippen LogP contribution in [0.15, 0.2) is 24.3 Å². The average molecular weight is 337 g/mol. The van der Waals surface area contributed by atoms with E-state index in [-0.39, 0.29) is 0 Å². The first-order valence-electron chi connectivity index (χ1n) is 8.49. The van der Waals surface area contributed by atoms with Crippen LogP contribution in [0, 0.1) is 6.92 Å². The van der Waals surface area contributed by atoms with Gasteiger partial charge in [0.1, 0.15) is 5.82 Å². The Hall–Kier alpha value is -1.21. The van der Waals surface area contributed by atoms with Crippen LogP contribution < -0.4 is 0 Å². The predicted molar refractivity (Wildman–Crippen MR) is 94.5 cm³/mol. The molecule has 6 heteroatoms. The largest absolute Gasteiger partial charge is 0.500 e. The SMILES string of the molecule is CCO[Si](CCCn1c(C)nc2ccccc21)(OCC)OCC. The molecule has 0 radical (unpaired) electrons. The van der Waals surface area contributed by atoms with Gasteiger partial charge in [0.15, 0.2) is 0 Å². The number of aromatic nitrogens is 2. The molecule has 2 rings (SSSR count). The van der Waals surface area contributed by atoms with E-state index in [1.165, 1.54) is 5.52 Å². The molecule has 0 aliphatic rings. The Kier molecular flexibility index (Phi) is 6.77. The molecular formula is C17H28N2O3Si. The number of hydrogen-bond acceptors (Lipinski definition) is 4. The minimum Gasteiger partial charge on any atom is -0.374 e. The number of nitrogens with zero attached hydrogens (tertiary/aromatic N) is 2. The van der Waals surface area contributed by atoms with Crippen molar-refractivity contribution in [1.82, 2.24) is 9.55 Å². The number of rotatable bonds is 10. The fourth-order valence-corrected chi connectivity index (χ4v) is 5.53. The summed E-state index contributed by atoms with van der Waals surface area (Å²) in [5, 5.41) is 0. The van der Waals surface area contributed by atoms with Gasteiger partial charge in [-0.1, -0.05) is 12.1 Å². The number of benzene rings is 1. The van der Waals surface area contributed by atoms with Crippen molar-refractivity contribution in [2.24, 2.45) is 0 Å². The fourth-order valence-electron chi connectivity index (χ4n) is 2.93. The van der Waals surface area contributed by atoms with Crippen LogP contribution in [0.5, 0.6) is 0 Å². The van der Waals surface area contributed by atoms with Gasteiger partial charge in [-0.15, -0.1) is 0 Å². The number of fused-ring (bicyclic) bond motifs is 1. The maximum Gasteiger partial charge on any atom is 0.500 e. The van der Waals surface area contributed by atoms with Crippen LogP contribution in [0.4, 0.5) is 0 Å². The van der Waals surface area contributed by atoms with Crippen molar-refractivity contribution in [3.63, 3.8) is 0 Å². The van der Waals surface area contributed by atoms with Crippen LogP contribution in [-0.2, 0) is 19.8 Å². The molecule has 128 valence electrons. The zero-order chi connectivity index (χ0) is 16.7. The third kappa shape index (κ3) is 4.41. The van der Waals surface area contributed by atoms with Gasteiger partial charge in [-0.05, 0) is 46.2 Å². The molecule has 0 aliphatic heterocycles. The van der Waals surface area contributed by atoms with Gasteiger partial charge in [0, 0.05) is 32.4 Å². The standard InChI is InChI=1S/C17H28N2O3Si/c1-5-20-23(21-6-2,22-7-3)14-10-13-19-15(4)18-16-11-8-9-12-17(16)19/h8-9,11-12H,5-7,10,13-14H2,1-4H3. The Labute approximate surface area is 139 Å². The van der Waals surface area contributed by atoms with E-state index in [1.807, 2.05) is 26.8 Å². The van der Waals surface area contributed by atoms with Crippen molar-refractivity contribution in [3.8, 4) is 0 Å². The van der Waals surface area contributed by atoms with Gasteiger partial charge < -0.3 is 17.8 Å². The maximum atomic E-state index is 5.92. The Morgan fingerprint density at radius 3 is 2.22 bits per heavy atom. The zero-order valence-electron chi connectivity index (χ0n) is 14.7. The highest BCUT2D eigenvalue weighted by molar-refractivity contribution is 6.60. The number of para-hydroxylation sites is 2. The summed E-state index contributed by atoms with van der Waals surface area (Å²) in [6, 6.07) is 9.08. The van der Waals surface area contributed by atoms with Crippen LogP contribution in [0.25, 0.3) is 11.0 Å². The summed E-state index contributed by atoms with van der Waals surface area (Å²) in [5.41, 5.74) is 2.23. The molecule has 0 unspecified atom stereocenters. The Bertz CT molecular complexity index is 598. The lowest BCUT2D eigenvalue weighted by Crippen LogP contribution is -2.46. The zero-order valence-corrected chi connectivity index (χ0v) is 15.7. The van der Waals surface area contributed by atoms with Gasteiger partial charge in [-0.2, -0.15) is 0 Å². The predicted octanol–water partition coefficient (Wildman–Crippen LogP) is 3.78. The van der Waals surface area contributed by atoms with Crippen molar-refractivity contribution in [1.29, 1.82) is 0 Å². The van der Waals surface area contributed by atoms with Crippen LogP contribution in [0.1, 0.15) is 33.0 Å². The summed E-state index contributed by atoms with van der Waals surface area (Å²) in [7, 11) is -2.55. The van der Waals surface area contributed by atoms with Crippen LogP contribution >= 0.6 is 0 Å². The molecule has 0 fully saturated rings. The molecule has 1 heterocycles. The van der Waals surface area contributed by atoms with E-state index in [1.54, 1.807) is 0 Å². The summed E-state index contributed by atoms with van der Waals surface area (Å²) in [5.74, 6) is 1.04. The molecule has 5 nitrogen and oxygen atoms in total. The quantitative estimate of drug-likeness (QED) is 0.619. The van der Waals surface area contributed by atoms with Crippen LogP contribution in [0.3, 0.4) is 0 Å². The van der Waals surface area contributed by atoms with Crippen molar-refractivity contribution in [3.05, 3.63) is 30.1 Å². The van der Waals surface area contributed by atoms with Crippen molar-refractivity contribution < 1.29 is 13.3 Å². The second kappa shape index (κ2) is 8.59. The molecule has 0 atom stereocenters. The highest BCUT2D eigenvalue weighted by Crippen LogP contribution is 2.21. The maximum absolute atomic E-state index is 5.92. The smallest absolute Gasteiger partial charge is 0.374 e. The van der Waals surface area contributed by atoms with Gasteiger partial charge >= 0.3 is 8.80 Å². The third-order valence-corrected chi connectivity index (χ3v) is 6.95. The van der Waals surface area contributed by atoms with Crippen molar-refractivity contribution >= 4 is 19.8 Å². The number of imidazole rings is 1. The molecule has 1 aromatic carbocycles. The van der Waals surface area contributed by atoms with Crippen molar-refractivity contribution in [2.75, 3.05) is 19.8 Å². The average Bonchev–Trinajstić information content (AvgIpc) is 2.84. The lowest BCUT2D eigenvalue weighted by molar-refractivity contribution is 0.0705. The topological polar surface area (TPSA) is 45.5 Å². The molecule has 0 spiro atoms. The summed E-state index contributed by atoms with van der Waals surface area (Å²) in [6.45, 7) is 10.8. The van der Waals surface area contributed by atoms with E-state index in [0.29, 0.717) is 19.8 Å². The summed E-state index contributed by atoms with van der Waals surface area (Å²) < 4.78 is 20.0. The molecule has 0 amide bonds. The Morgan fingerprint density at radius 2 is 1.61 bits per heavy atom. The summed E-state index contributed by atoms with van der Waals surface area (Å²) >= 11 is 0. The van der Waals surface area contributed by atoms with E-state index < -0.39 is 8.80 Å². The van der Waals surface area contributed by atoms with E-state index in [0.717, 1.165) is 30.4 Å². The fraction of sp³-hybridized carbons (Fsp3) is 0.588. The Morgan fingerprint density at radius 1 is 1.00 bits per heavy atom. The van der Waals surface area contributed by atoms with Gasteiger partial charge in [0.2, 0.25) is 0 Å². The first-order valence-corrected chi connectivity index (χ1v) is 10.4. The lowest BCUT2D eigenvalue weighted by atomic mass is 10.3. The number of hydrogen-bond donors (Lipinski definition) is 0. The highest BCUT2D eigenvalue weighted by atomic mass is 28.4. The van der Waals surface area contributed by atoms with E-state index >= 15 is 0 Å². The molecule has 0 aliphatic carbocycles.